The van der Waals surface area contributed by atoms with Crippen molar-refractivity contribution in [3.8, 4) is 11.5 Å². The van der Waals surface area contributed by atoms with Crippen molar-refractivity contribution in [1.29, 1.82) is 0 Å². The van der Waals surface area contributed by atoms with Crippen molar-refractivity contribution in [2.75, 3.05) is 27.3 Å². The number of benzene rings is 1. The van der Waals surface area contributed by atoms with Crippen molar-refractivity contribution >= 4 is 41.1 Å². The van der Waals surface area contributed by atoms with Crippen molar-refractivity contribution < 1.29 is 23.9 Å². The van der Waals surface area contributed by atoms with Crippen molar-refractivity contribution in [2.45, 2.75) is 6.92 Å². The Kier molecular flexibility index (Phi) is 5.93. The van der Waals surface area contributed by atoms with Crippen LogP contribution in [0.3, 0.4) is 0 Å². The number of hydrogen-bond donors (Lipinski definition) is 1. The molecule has 2 rings (SSSR count). The Morgan fingerprint density at radius 2 is 1.77 bits per heavy atom. The summed E-state index contributed by atoms with van der Waals surface area (Å²) in [6.07, 6.45) is 1.46. The van der Waals surface area contributed by atoms with Gasteiger partial charge in [-0.25, -0.2) is 0 Å². The van der Waals surface area contributed by atoms with Gasteiger partial charge in [0.25, 0.3) is 17.7 Å². The molecule has 0 bridgehead atoms. The zero-order chi connectivity index (χ0) is 19.4. The number of carbonyl (C=O) groups is 3. The molecule has 1 heterocycles. The molecule has 0 radical (unpaired) electrons. The Labute approximate surface area is 156 Å². The van der Waals surface area contributed by atoms with E-state index in [0.717, 1.165) is 0 Å². The first kappa shape index (κ1) is 19.4. The highest BCUT2D eigenvalue weighted by molar-refractivity contribution is 7.80. The number of hydrogen-bond acceptors (Lipinski definition) is 6. The zero-order valence-corrected chi connectivity index (χ0v) is 15.5. The van der Waals surface area contributed by atoms with Crippen LogP contribution in [0.2, 0.25) is 0 Å². The van der Waals surface area contributed by atoms with Crippen LogP contribution in [-0.2, 0) is 14.4 Å². The first-order valence-corrected chi connectivity index (χ1v) is 8.16. The molecule has 1 aromatic carbocycles. The summed E-state index contributed by atoms with van der Waals surface area (Å²) in [6, 6.07) is 4.83. The average molecular weight is 377 g/mol. The molecule has 0 saturated carbocycles. The quantitative estimate of drug-likeness (QED) is 0.441. The SMILES string of the molecule is CCOc1cc(C=C2C(=O)N(C)C(=S)N(C)C2=O)ccc1OCC(N)=O. The molecule has 0 spiro atoms. The maximum Gasteiger partial charge on any atom is 0.265 e. The van der Waals surface area contributed by atoms with Crippen LogP contribution in [0.4, 0.5) is 0 Å². The van der Waals surface area contributed by atoms with Crippen LogP contribution in [0.15, 0.2) is 23.8 Å². The molecule has 8 nitrogen and oxygen atoms in total. The largest absolute Gasteiger partial charge is 0.490 e. The molecule has 2 N–H and O–H groups in total. The van der Waals surface area contributed by atoms with E-state index in [2.05, 4.69) is 0 Å². The Morgan fingerprint density at radius 3 is 2.31 bits per heavy atom. The number of amides is 3. The Balaban J connectivity index is 2.38. The molecular weight excluding hydrogens is 358 g/mol. The highest BCUT2D eigenvalue weighted by Gasteiger charge is 2.35. The van der Waals surface area contributed by atoms with Crippen molar-refractivity contribution in [3.05, 3.63) is 29.3 Å². The number of nitrogens with zero attached hydrogens (tertiary/aromatic N) is 2. The lowest BCUT2D eigenvalue weighted by Crippen LogP contribution is -2.52. The third-order valence-electron chi connectivity index (χ3n) is 3.59. The second-order valence-corrected chi connectivity index (χ2v) is 5.83. The fourth-order valence-electron chi connectivity index (χ4n) is 2.29. The molecule has 0 aliphatic carbocycles. The molecule has 1 saturated heterocycles. The average Bonchev–Trinajstić information content (AvgIpc) is 2.61. The van der Waals surface area contributed by atoms with Gasteiger partial charge in [-0.05, 0) is 42.9 Å². The smallest absolute Gasteiger partial charge is 0.265 e. The minimum absolute atomic E-state index is 0.0168. The van der Waals surface area contributed by atoms with Crippen LogP contribution in [0.1, 0.15) is 12.5 Å². The number of primary amides is 1. The molecule has 9 heteroatoms. The van der Waals surface area contributed by atoms with E-state index in [1.54, 1.807) is 25.1 Å². The van der Waals surface area contributed by atoms with Crippen molar-refractivity contribution in [2.24, 2.45) is 5.73 Å². The van der Waals surface area contributed by atoms with E-state index < -0.39 is 17.7 Å². The van der Waals surface area contributed by atoms with Crippen LogP contribution >= 0.6 is 12.2 Å². The Bertz CT molecular complexity index is 780. The predicted molar refractivity (Wildman–Crippen MR) is 98.4 cm³/mol. The topological polar surface area (TPSA) is 102 Å². The fraction of sp³-hybridized carbons (Fsp3) is 0.294. The fourth-order valence-corrected chi connectivity index (χ4v) is 2.46. The minimum atomic E-state index is -0.612. The summed E-state index contributed by atoms with van der Waals surface area (Å²) in [7, 11) is 3.02. The van der Waals surface area contributed by atoms with E-state index in [9.17, 15) is 14.4 Å². The molecule has 0 aromatic heterocycles. The predicted octanol–water partition coefficient (Wildman–Crippen LogP) is 0.548. The molecule has 1 aliphatic rings. The van der Waals surface area contributed by atoms with Gasteiger partial charge in [-0.1, -0.05) is 6.07 Å². The summed E-state index contributed by atoms with van der Waals surface area (Å²) in [4.78, 5) is 38.1. The minimum Gasteiger partial charge on any atom is -0.490 e. The summed E-state index contributed by atoms with van der Waals surface area (Å²) in [5.74, 6) is -0.866. The van der Waals surface area contributed by atoms with Crippen LogP contribution in [0, 0.1) is 0 Å². The Morgan fingerprint density at radius 1 is 1.15 bits per heavy atom. The van der Waals surface area contributed by atoms with Crippen LogP contribution in [0.25, 0.3) is 6.08 Å². The van der Waals surface area contributed by atoms with E-state index in [4.69, 9.17) is 27.4 Å². The molecule has 1 fully saturated rings. The summed E-state index contributed by atoms with van der Waals surface area (Å²) < 4.78 is 10.8. The first-order valence-electron chi connectivity index (χ1n) is 7.76. The molecule has 0 atom stereocenters. The van der Waals surface area contributed by atoms with Crippen molar-refractivity contribution in [3.63, 3.8) is 0 Å². The van der Waals surface area contributed by atoms with E-state index in [0.29, 0.717) is 23.7 Å². The maximum atomic E-state index is 12.4. The number of rotatable bonds is 6. The number of carbonyl (C=O) groups excluding carboxylic acids is 3. The van der Waals surface area contributed by atoms with Crippen molar-refractivity contribution in [1.82, 2.24) is 9.80 Å². The summed E-state index contributed by atoms with van der Waals surface area (Å²) in [6.45, 7) is 1.87. The maximum absolute atomic E-state index is 12.4. The van der Waals surface area contributed by atoms with Gasteiger partial charge in [-0.15, -0.1) is 0 Å². The van der Waals surface area contributed by atoms with Gasteiger partial charge < -0.3 is 15.2 Å². The van der Waals surface area contributed by atoms with E-state index in [1.165, 1.54) is 30.0 Å². The standard InChI is InChI=1S/C17H19N3O5S/c1-4-24-13-8-10(5-6-12(13)25-9-14(18)21)7-11-15(22)19(2)17(26)20(3)16(11)23/h5-8H,4,9H2,1-3H3,(H2,18,21). The van der Waals surface area contributed by atoms with E-state index >= 15 is 0 Å². The molecule has 3 amide bonds. The monoisotopic (exact) mass is 377 g/mol. The number of likely N-dealkylation sites (N-methyl/N-ethyl adjacent to an activating group) is 2. The number of ether oxygens (including phenoxy) is 2. The second-order valence-electron chi connectivity index (χ2n) is 5.46. The van der Waals surface area contributed by atoms with Gasteiger partial charge >= 0.3 is 0 Å². The lowest BCUT2D eigenvalue weighted by atomic mass is 10.1. The molecule has 1 aliphatic heterocycles. The summed E-state index contributed by atoms with van der Waals surface area (Å²) in [5, 5.41) is 0.141. The van der Waals surface area contributed by atoms with Crippen LogP contribution < -0.4 is 15.2 Å². The molecule has 0 unspecified atom stereocenters. The Hall–Kier alpha value is -2.94. The second kappa shape index (κ2) is 7.96. The van der Waals surface area contributed by atoms with E-state index in [1.807, 2.05) is 0 Å². The van der Waals surface area contributed by atoms with Crippen LogP contribution in [-0.4, -0.2) is 59.9 Å². The third kappa shape index (κ3) is 3.99. The molecule has 26 heavy (non-hydrogen) atoms. The van der Waals surface area contributed by atoms with Gasteiger partial charge in [0.2, 0.25) is 0 Å². The van der Waals surface area contributed by atoms with Gasteiger partial charge in [0, 0.05) is 14.1 Å². The lowest BCUT2D eigenvalue weighted by molar-refractivity contribution is -0.132. The molecular formula is C17H19N3O5S. The normalized spacial score (nSPS) is 14.6. The zero-order valence-electron chi connectivity index (χ0n) is 14.6. The van der Waals surface area contributed by atoms with Gasteiger partial charge in [0.1, 0.15) is 5.57 Å². The number of thiocarbonyl (C=S) groups is 1. The third-order valence-corrected chi connectivity index (χ3v) is 4.14. The summed E-state index contributed by atoms with van der Waals surface area (Å²) >= 11 is 5.05. The summed E-state index contributed by atoms with van der Waals surface area (Å²) in [5.41, 5.74) is 5.62. The van der Waals surface area contributed by atoms with Gasteiger partial charge in [-0.2, -0.15) is 0 Å². The molecule has 1 aromatic rings. The molecule has 138 valence electrons. The lowest BCUT2D eigenvalue weighted by Gasteiger charge is -2.31. The van der Waals surface area contributed by atoms with Gasteiger partial charge in [-0.3, -0.25) is 24.2 Å². The van der Waals surface area contributed by atoms with E-state index in [-0.39, 0.29) is 17.3 Å². The number of nitrogens with two attached hydrogens (primary N) is 1. The van der Waals surface area contributed by atoms with Gasteiger partial charge in [0.15, 0.2) is 23.2 Å². The highest BCUT2D eigenvalue weighted by atomic mass is 32.1. The highest BCUT2D eigenvalue weighted by Crippen LogP contribution is 2.30. The van der Waals surface area contributed by atoms with Crippen LogP contribution in [0.5, 0.6) is 11.5 Å². The van der Waals surface area contributed by atoms with Gasteiger partial charge in [0.05, 0.1) is 6.61 Å². The first-order chi connectivity index (χ1) is 12.3.